The summed E-state index contributed by atoms with van der Waals surface area (Å²) in [7, 11) is -1.40. The highest BCUT2D eigenvalue weighted by Gasteiger charge is 2.13. The predicted molar refractivity (Wildman–Crippen MR) is 93.0 cm³/mol. The number of hydrogen-bond donors (Lipinski definition) is 2. The normalized spacial score (nSPS) is 12.4. The topological polar surface area (TPSA) is 73.8 Å². The number of nitrogens with one attached hydrogen (secondary N) is 2. The molecule has 1 aromatic heterocycles. The fourth-order valence-electron chi connectivity index (χ4n) is 1.80. The van der Waals surface area contributed by atoms with Crippen LogP contribution in [0.5, 0.6) is 0 Å². The van der Waals surface area contributed by atoms with Crippen LogP contribution < -0.4 is 10.0 Å². The van der Waals surface area contributed by atoms with Crippen LogP contribution in [0.4, 0.5) is 0 Å². The Bertz CT molecular complexity index is 541. The second-order valence-electron chi connectivity index (χ2n) is 4.84. The Morgan fingerprint density at radius 1 is 1.41 bits per heavy atom. The summed E-state index contributed by atoms with van der Waals surface area (Å²) < 4.78 is 26.8. The van der Waals surface area contributed by atoms with Gasteiger partial charge in [0.1, 0.15) is 4.21 Å². The van der Waals surface area contributed by atoms with E-state index in [1.807, 2.05) is 14.0 Å². The Morgan fingerprint density at radius 2 is 2.18 bits per heavy atom. The van der Waals surface area contributed by atoms with E-state index in [2.05, 4.69) is 26.9 Å². The highest BCUT2D eigenvalue weighted by Crippen LogP contribution is 2.14. The molecule has 0 amide bonds. The number of rotatable bonds is 9. The summed E-state index contributed by atoms with van der Waals surface area (Å²) >= 11 is 1.21. The number of aliphatic imine (C=N–C) groups is 1. The monoisotopic (exact) mass is 346 g/mol. The molecular formula is C14H26N4O2S2. The molecule has 0 radical (unpaired) electrons. The van der Waals surface area contributed by atoms with E-state index in [9.17, 15) is 8.42 Å². The molecule has 0 unspecified atom stereocenters. The molecule has 0 aliphatic heterocycles. The average Bonchev–Trinajstić information content (AvgIpc) is 3.03. The van der Waals surface area contributed by atoms with Crippen LogP contribution in [0.25, 0.3) is 0 Å². The zero-order valence-corrected chi connectivity index (χ0v) is 15.1. The van der Waals surface area contributed by atoms with Crippen molar-refractivity contribution < 1.29 is 8.42 Å². The van der Waals surface area contributed by atoms with Gasteiger partial charge in [-0.2, -0.15) is 0 Å². The number of nitrogens with zero attached hydrogens (tertiary/aromatic N) is 2. The zero-order chi connectivity index (χ0) is 16.4. The van der Waals surface area contributed by atoms with Crippen molar-refractivity contribution in [3.8, 4) is 0 Å². The Kier molecular flexibility index (Phi) is 8.44. The third kappa shape index (κ3) is 6.33. The van der Waals surface area contributed by atoms with Gasteiger partial charge in [0.05, 0.1) is 6.54 Å². The number of unbranched alkanes of at least 4 members (excludes halogenated alkanes) is 1. The summed E-state index contributed by atoms with van der Waals surface area (Å²) in [5.41, 5.74) is 0. The first-order chi connectivity index (χ1) is 10.5. The van der Waals surface area contributed by atoms with Crippen LogP contribution in [0.2, 0.25) is 0 Å². The molecule has 1 aromatic rings. The van der Waals surface area contributed by atoms with E-state index in [0.29, 0.717) is 10.8 Å². The lowest BCUT2D eigenvalue weighted by Crippen LogP contribution is -2.40. The molecule has 1 rings (SSSR count). The smallest absolute Gasteiger partial charge is 0.250 e. The molecule has 1 heterocycles. The predicted octanol–water partition coefficient (Wildman–Crippen LogP) is 1.72. The number of hydrogen-bond acceptors (Lipinski definition) is 4. The molecule has 0 aromatic carbocycles. The van der Waals surface area contributed by atoms with Gasteiger partial charge >= 0.3 is 0 Å². The van der Waals surface area contributed by atoms with Gasteiger partial charge in [0.15, 0.2) is 5.96 Å². The molecule has 126 valence electrons. The summed E-state index contributed by atoms with van der Waals surface area (Å²) in [6.45, 7) is 6.58. The van der Waals surface area contributed by atoms with Crippen LogP contribution in [0, 0.1) is 0 Å². The van der Waals surface area contributed by atoms with Gasteiger partial charge in [0.2, 0.25) is 10.0 Å². The molecule has 0 bridgehead atoms. The van der Waals surface area contributed by atoms with Crippen LogP contribution in [-0.4, -0.2) is 52.5 Å². The van der Waals surface area contributed by atoms with Gasteiger partial charge in [-0.1, -0.05) is 19.4 Å². The largest absolute Gasteiger partial charge is 0.357 e. The molecular weight excluding hydrogens is 320 g/mol. The molecule has 0 aliphatic rings. The van der Waals surface area contributed by atoms with Crippen LogP contribution in [0.3, 0.4) is 0 Å². The van der Waals surface area contributed by atoms with E-state index in [1.54, 1.807) is 17.5 Å². The third-order valence-electron chi connectivity index (χ3n) is 2.97. The molecule has 0 spiro atoms. The Balaban J connectivity index is 2.50. The Labute approximate surface area is 137 Å². The summed E-state index contributed by atoms with van der Waals surface area (Å²) in [6.07, 6.45) is 2.23. The highest BCUT2D eigenvalue weighted by molar-refractivity contribution is 7.91. The molecule has 0 aliphatic carbocycles. The van der Waals surface area contributed by atoms with E-state index in [0.717, 1.165) is 31.9 Å². The van der Waals surface area contributed by atoms with Crippen LogP contribution in [0.15, 0.2) is 26.7 Å². The molecule has 8 heteroatoms. The van der Waals surface area contributed by atoms with Gasteiger partial charge in [-0.15, -0.1) is 11.3 Å². The van der Waals surface area contributed by atoms with Gasteiger partial charge in [-0.3, -0.25) is 4.99 Å². The first kappa shape index (κ1) is 18.9. The van der Waals surface area contributed by atoms with Crippen molar-refractivity contribution in [1.29, 1.82) is 0 Å². The summed E-state index contributed by atoms with van der Waals surface area (Å²) in [6, 6.07) is 3.32. The van der Waals surface area contributed by atoms with Crippen molar-refractivity contribution in [3.63, 3.8) is 0 Å². The minimum atomic E-state index is -3.40. The number of thiophene rings is 1. The molecule has 2 N–H and O–H groups in total. The van der Waals surface area contributed by atoms with Gasteiger partial charge in [-0.25, -0.2) is 13.1 Å². The van der Waals surface area contributed by atoms with Crippen LogP contribution in [0.1, 0.15) is 26.7 Å². The second kappa shape index (κ2) is 9.81. The van der Waals surface area contributed by atoms with Crippen molar-refractivity contribution in [2.45, 2.75) is 30.9 Å². The molecule has 6 nitrogen and oxygen atoms in total. The number of guanidine groups is 1. The molecule has 0 atom stereocenters. The maximum Gasteiger partial charge on any atom is 0.250 e. The second-order valence-corrected chi connectivity index (χ2v) is 7.78. The quantitative estimate of drug-likeness (QED) is 0.406. The fraction of sp³-hybridized carbons (Fsp3) is 0.643. The lowest BCUT2D eigenvalue weighted by molar-refractivity contribution is 0.465. The van der Waals surface area contributed by atoms with Gasteiger partial charge in [-0.05, 0) is 24.8 Å². The van der Waals surface area contributed by atoms with Crippen LogP contribution >= 0.6 is 11.3 Å². The molecule has 0 saturated carbocycles. The van der Waals surface area contributed by atoms with Gasteiger partial charge < -0.3 is 10.2 Å². The van der Waals surface area contributed by atoms with E-state index in [-0.39, 0.29) is 6.54 Å². The zero-order valence-electron chi connectivity index (χ0n) is 13.5. The van der Waals surface area contributed by atoms with Crippen molar-refractivity contribution in [1.82, 2.24) is 14.9 Å². The van der Waals surface area contributed by atoms with Crippen molar-refractivity contribution >= 4 is 27.3 Å². The lowest BCUT2D eigenvalue weighted by atomic mass is 10.3. The Hall–Kier alpha value is -1.12. The highest BCUT2D eigenvalue weighted by atomic mass is 32.2. The summed E-state index contributed by atoms with van der Waals surface area (Å²) in [5.74, 6) is 0.811. The summed E-state index contributed by atoms with van der Waals surface area (Å²) in [5, 5.41) is 4.97. The van der Waals surface area contributed by atoms with E-state index in [1.165, 1.54) is 11.3 Å². The van der Waals surface area contributed by atoms with Crippen LogP contribution in [-0.2, 0) is 10.0 Å². The van der Waals surface area contributed by atoms with E-state index in [4.69, 9.17) is 0 Å². The van der Waals surface area contributed by atoms with Gasteiger partial charge in [0, 0.05) is 26.7 Å². The van der Waals surface area contributed by atoms with E-state index < -0.39 is 10.0 Å². The number of sulfonamides is 1. The standard InChI is InChI=1S/C14H26N4O2S2/c1-4-6-11-18(3)14(15-5-2)16-9-10-17-22(19,20)13-8-7-12-21-13/h7-8,12,17H,4-6,9-11H2,1-3H3,(H,15,16). The maximum atomic E-state index is 12.0. The Morgan fingerprint density at radius 3 is 2.77 bits per heavy atom. The van der Waals surface area contributed by atoms with Crippen molar-refractivity contribution in [3.05, 3.63) is 17.5 Å². The molecule has 22 heavy (non-hydrogen) atoms. The minimum absolute atomic E-state index is 0.288. The van der Waals surface area contributed by atoms with Gasteiger partial charge in [0.25, 0.3) is 0 Å². The first-order valence-corrected chi connectivity index (χ1v) is 9.90. The van der Waals surface area contributed by atoms with Crippen molar-refractivity contribution in [2.24, 2.45) is 4.99 Å². The molecule has 0 saturated heterocycles. The lowest BCUT2D eigenvalue weighted by Gasteiger charge is -2.21. The average molecular weight is 347 g/mol. The summed E-state index contributed by atoms with van der Waals surface area (Å²) in [4.78, 5) is 6.53. The minimum Gasteiger partial charge on any atom is -0.357 e. The SMILES string of the molecule is CCCCN(C)C(=NCCNS(=O)(=O)c1cccs1)NCC. The fourth-order valence-corrected chi connectivity index (χ4v) is 3.86. The first-order valence-electron chi connectivity index (χ1n) is 7.53. The van der Waals surface area contributed by atoms with Crippen molar-refractivity contribution in [2.75, 3.05) is 33.2 Å². The third-order valence-corrected chi connectivity index (χ3v) is 5.83. The van der Waals surface area contributed by atoms with E-state index >= 15 is 0 Å². The molecule has 0 fully saturated rings. The maximum absolute atomic E-state index is 12.0.